The van der Waals surface area contributed by atoms with Gasteiger partial charge in [0.2, 0.25) is 0 Å². The lowest BCUT2D eigenvalue weighted by Crippen LogP contribution is -2.36. The Morgan fingerprint density at radius 1 is 1.00 bits per heavy atom. The van der Waals surface area contributed by atoms with Crippen molar-refractivity contribution >= 4 is 20.8 Å². The van der Waals surface area contributed by atoms with E-state index in [9.17, 15) is 8.42 Å². The molecule has 18 heavy (non-hydrogen) atoms. The molecule has 0 aromatic heterocycles. The van der Waals surface area contributed by atoms with Gasteiger partial charge >= 0.3 is 0 Å². The van der Waals surface area contributed by atoms with Crippen molar-refractivity contribution < 1.29 is 8.42 Å². The van der Waals surface area contributed by atoms with Gasteiger partial charge in [-0.15, -0.1) is 4.41 Å². The number of hydrogen-bond donors (Lipinski definition) is 0. The fourth-order valence-corrected chi connectivity index (χ4v) is 3.08. The molecule has 0 fully saturated rings. The first kappa shape index (κ1) is 13.0. The molecule has 4 nitrogen and oxygen atoms in total. The van der Waals surface area contributed by atoms with Gasteiger partial charge in [0.1, 0.15) is 0 Å². The number of hydrazine groups is 1. The van der Waals surface area contributed by atoms with E-state index in [1.807, 2.05) is 18.2 Å². The fourth-order valence-electron chi connectivity index (χ4n) is 1.74. The molecule has 2 aromatic rings. The van der Waals surface area contributed by atoms with Crippen molar-refractivity contribution in [1.82, 2.24) is 9.42 Å². The van der Waals surface area contributed by atoms with Gasteiger partial charge in [-0.25, -0.2) is 13.4 Å². The summed E-state index contributed by atoms with van der Waals surface area (Å²) in [5.74, 6) is 0. The maximum absolute atomic E-state index is 12.3. The molecule has 0 amide bonds. The van der Waals surface area contributed by atoms with Crippen molar-refractivity contribution in [1.29, 1.82) is 0 Å². The first-order valence-electron chi connectivity index (χ1n) is 5.39. The summed E-state index contributed by atoms with van der Waals surface area (Å²) in [4.78, 5) is 0.205. The van der Waals surface area contributed by atoms with Crippen LogP contribution in [-0.2, 0) is 10.0 Å². The molecule has 2 radical (unpaired) electrons. The molecule has 0 bridgehead atoms. The average molecular weight is 262 g/mol. The number of sulfonamides is 1. The van der Waals surface area contributed by atoms with E-state index in [4.69, 9.17) is 7.05 Å². The van der Waals surface area contributed by atoms with Gasteiger partial charge in [-0.2, -0.15) is 0 Å². The standard InChI is InChI=1S/C13H14N2O2S/c1-14(2)15(3)18(16,17)13-10-6-8-11-7-4-5-9-12(11)13/h3-10H,1-2H3. The zero-order chi connectivity index (χ0) is 13.3. The largest absolute Gasteiger partial charge is 0.256 e. The summed E-state index contributed by atoms with van der Waals surface area (Å²) in [5.41, 5.74) is 0. The quantitative estimate of drug-likeness (QED) is 0.627. The van der Waals surface area contributed by atoms with Crippen LogP contribution in [-0.4, -0.2) is 31.9 Å². The van der Waals surface area contributed by atoms with Gasteiger partial charge in [-0.1, -0.05) is 36.4 Å². The molecule has 0 spiro atoms. The lowest BCUT2D eigenvalue weighted by molar-refractivity contribution is 0.181. The average Bonchev–Trinajstić information content (AvgIpc) is 2.36. The maximum Gasteiger partial charge on any atom is 0.256 e. The summed E-state index contributed by atoms with van der Waals surface area (Å²) in [6, 6.07) is 12.4. The molecule has 2 aromatic carbocycles. The van der Waals surface area contributed by atoms with Gasteiger partial charge in [0.25, 0.3) is 10.0 Å². The van der Waals surface area contributed by atoms with E-state index in [0.29, 0.717) is 5.39 Å². The third-order valence-electron chi connectivity index (χ3n) is 2.67. The number of hydrogen-bond acceptors (Lipinski definition) is 3. The minimum atomic E-state index is -3.73. The number of nitrogens with zero attached hydrogens (tertiary/aromatic N) is 2. The highest BCUT2D eigenvalue weighted by molar-refractivity contribution is 7.89. The SMILES string of the molecule is [CH]N(N(C)C)S(=O)(=O)c1cccc2ccccc12. The lowest BCUT2D eigenvalue weighted by atomic mass is 10.1. The second-order valence-corrected chi connectivity index (χ2v) is 5.87. The van der Waals surface area contributed by atoms with E-state index in [-0.39, 0.29) is 4.90 Å². The van der Waals surface area contributed by atoms with Crippen LogP contribution in [0.4, 0.5) is 0 Å². The van der Waals surface area contributed by atoms with Crippen molar-refractivity contribution in [2.45, 2.75) is 4.90 Å². The Morgan fingerprint density at radius 3 is 2.28 bits per heavy atom. The van der Waals surface area contributed by atoms with E-state index in [1.165, 1.54) is 5.01 Å². The first-order valence-corrected chi connectivity index (χ1v) is 6.83. The van der Waals surface area contributed by atoms with Gasteiger partial charge in [0.05, 0.1) is 11.9 Å². The molecule has 0 heterocycles. The van der Waals surface area contributed by atoms with Crippen LogP contribution in [0.2, 0.25) is 0 Å². The van der Waals surface area contributed by atoms with Gasteiger partial charge in [0, 0.05) is 19.5 Å². The zero-order valence-electron chi connectivity index (χ0n) is 10.2. The second kappa shape index (κ2) is 4.68. The van der Waals surface area contributed by atoms with Crippen molar-refractivity contribution in [2.75, 3.05) is 14.1 Å². The van der Waals surface area contributed by atoms with E-state index in [0.717, 1.165) is 9.80 Å². The molecule has 0 aliphatic carbocycles. The van der Waals surface area contributed by atoms with Crippen LogP contribution >= 0.6 is 0 Å². The Kier molecular flexibility index (Phi) is 3.38. The topological polar surface area (TPSA) is 40.6 Å². The molecule has 0 unspecified atom stereocenters. The number of rotatable bonds is 3. The Hall–Kier alpha value is -1.43. The highest BCUT2D eigenvalue weighted by Gasteiger charge is 2.24. The van der Waals surface area contributed by atoms with Crippen molar-refractivity contribution in [3.05, 3.63) is 49.5 Å². The summed E-state index contributed by atoms with van der Waals surface area (Å²) in [6.07, 6.45) is 0. The van der Waals surface area contributed by atoms with E-state index in [1.54, 1.807) is 38.4 Å². The van der Waals surface area contributed by atoms with Crippen LogP contribution in [0.1, 0.15) is 0 Å². The molecule has 94 valence electrons. The van der Waals surface area contributed by atoms with E-state index < -0.39 is 10.0 Å². The highest BCUT2D eigenvalue weighted by Crippen LogP contribution is 2.25. The normalized spacial score (nSPS) is 12.5. The Morgan fingerprint density at radius 2 is 1.61 bits per heavy atom. The summed E-state index contributed by atoms with van der Waals surface area (Å²) < 4.78 is 25.4. The lowest BCUT2D eigenvalue weighted by Gasteiger charge is -2.23. The monoisotopic (exact) mass is 262 g/mol. The Bertz CT molecular complexity index is 660. The van der Waals surface area contributed by atoms with Crippen molar-refractivity contribution in [3.63, 3.8) is 0 Å². The molecule has 2 rings (SSSR count). The molecule has 0 saturated carbocycles. The van der Waals surface area contributed by atoms with Crippen molar-refractivity contribution in [3.8, 4) is 0 Å². The minimum absolute atomic E-state index is 0.205. The molecular formula is C13H14N2O2S. The van der Waals surface area contributed by atoms with Crippen LogP contribution in [0.5, 0.6) is 0 Å². The molecule has 0 N–H and O–H groups in total. The maximum atomic E-state index is 12.3. The summed E-state index contributed by atoms with van der Waals surface area (Å²) >= 11 is 0. The summed E-state index contributed by atoms with van der Waals surface area (Å²) in [6.45, 7) is 0. The third kappa shape index (κ3) is 2.12. The van der Waals surface area contributed by atoms with Gasteiger partial charge in [0.15, 0.2) is 0 Å². The van der Waals surface area contributed by atoms with Gasteiger partial charge in [-0.05, 0) is 11.5 Å². The molecule has 0 atom stereocenters. The molecule has 0 saturated heterocycles. The predicted molar refractivity (Wildman–Crippen MR) is 71.0 cm³/mol. The van der Waals surface area contributed by atoms with Gasteiger partial charge < -0.3 is 0 Å². The Balaban J connectivity index is 2.69. The molecule has 0 aliphatic rings. The molecular weight excluding hydrogens is 248 g/mol. The van der Waals surface area contributed by atoms with Crippen LogP contribution in [0.15, 0.2) is 47.4 Å². The molecule has 5 heteroatoms. The highest BCUT2D eigenvalue weighted by atomic mass is 32.2. The van der Waals surface area contributed by atoms with Crippen LogP contribution in [0.25, 0.3) is 10.8 Å². The van der Waals surface area contributed by atoms with Crippen LogP contribution in [0, 0.1) is 7.05 Å². The van der Waals surface area contributed by atoms with Crippen LogP contribution in [0.3, 0.4) is 0 Å². The smallest absolute Gasteiger partial charge is 0.234 e. The zero-order valence-corrected chi connectivity index (χ0v) is 11.1. The Labute approximate surface area is 107 Å². The van der Waals surface area contributed by atoms with E-state index >= 15 is 0 Å². The summed E-state index contributed by atoms with van der Waals surface area (Å²) in [7, 11) is 5.01. The first-order chi connectivity index (χ1) is 8.44. The number of benzene rings is 2. The predicted octanol–water partition coefficient (Wildman–Crippen LogP) is 1.98. The third-order valence-corrected chi connectivity index (χ3v) is 4.40. The van der Waals surface area contributed by atoms with Crippen molar-refractivity contribution in [2.24, 2.45) is 0 Å². The van der Waals surface area contributed by atoms with E-state index in [2.05, 4.69) is 0 Å². The fraction of sp³-hybridized carbons (Fsp3) is 0.154. The summed E-state index contributed by atoms with van der Waals surface area (Å²) in [5, 5.41) is 2.85. The van der Waals surface area contributed by atoms with Crippen LogP contribution < -0.4 is 0 Å². The molecule has 0 aliphatic heterocycles. The second-order valence-electron chi connectivity index (χ2n) is 4.10. The number of fused-ring (bicyclic) bond motifs is 1. The minimum Gasteiger partial charge on any atom is -0.234 e. The van der Waals surface area contributed by atoms with Gasteiger partial charge in [-0.3, -0.25) is 0 Å².